The predicted molar refractivity (Wildman–Crippen MR) is 219 cm³/mol. The Kier molecular flexibility index (Phi) is 20.8. The Morgan fingerprint density at radius 1 is 1.00 bits per heavy atom. The van der Waals surface area contributed by atoms with E-state index in [-0.39, 0.29) is 41.6 Å². The monoisotopic (exact) mass is 945 g/mol. The van der Waals surface area contributed by atoms with Gasteiger partial charge in [0.15, 0.2) is 22.8 Å². The molecule has 344 valence electrons. The summed E-state index contributed by atoms with van der Waals surface area (Å²) in [5, 5.41) is 26.5. The lowest BCUT2D eigenvalue weighted by Gasteiger charge is -2.30. The molecule has 7 atom stereocenters. The number of nitrogen functional groups attached to an aromatic ring is 1. The van der Waals surface area contributed by atoms with Gasteiger partial charge in [-0.05, 0) is 26.2 Å². The normalized spacial score (nSPS) is 21.1. The fraction of sp³-hybridized carbons (Fsp3) is 0.636. The van der Waals surface area contributed by atoms with Crippen LogP contribution in [0.4, 0.5) is 5.82 Å². The Morgan fingerprint density at radius 2 is 1.70 bits per heavy atom. The summed E-state index contributed by atoms with van der Waals surface area (Å²) in [6.07, 6.45) is 6.48. The van der Waals surface area contributed by atoms with E-state index in [1.54, 1.807) is 0 Å². The van der Waals surface area contributed by atoms with Crippen molar-refractivity contribution in [2.45, 2.75) is 96.4 Å². The molecule has 0 bridgehead atoms. The number of fused-ring (bicyclic) bond motifs is 1. The highest BCUT2D eigenvalue weighted by Crippen LogP contribution is 2.61. The molecule has 0 radical (unpaired) electrons. The molecule has 10 N–H and O–H groups in total. The van der Waals surface area contributed by atoms with E-state index in [0.29, 0.717) is 12.2 Å². The molecule has 7 unspecified atom stereocenters. The van der Waals surface area contributed by atoms with Gasteiger partial charge >= 0.3 is 23.5 Å². The Bertz CT molecular complexity index is 1980. The molecule has 1 aliphatic heterocycles. The molecule has 2 aromatic rings. The minimum Gasteiger partial charge on any atom is -0.386 e. The van der Waals surface area contributed by atoms with Crippen LogP contribution < -0.4 is 16.4 Å². The molecule has 1 aliphatic rings. The maximum Gasteiger partial charge on any atom is 0.481 e. The molecule has 3 rings (SSSR count). The van der Waals surface area contributed by atoms with Crippen molar-refractivity contribution < 1.29 is 80.5 Å². The van der Waals surface area contributed by atoms with Crippen LogP contribution in [-0.4, -0.2) is 123 Å². The van der Waals surface area contributed by atoms with Crippen LogP contribution in [0.3, 0.4) is 0 Å². The first-order valence-electron chi connectivity index (χ1n) is 18.9. The zero-order valence-electron chi connectivity index (χ0n) is 33.6. The largest absolute Gasteiger partial charge is 0.481 e. The number of aliphatic hydroxyl groups is 2. The fourth-order valence-electron chi connectivity index (χ4n) is 5.54. The lowest BCUT2D eigenvalue weighted by atomic mass is 9.87. The smallest absolute Gasteiger partial charge is 0.386 e. The van der Waals surface area contributed by atoms with Gasteiger partial charge in [0.25, 0.3) is 0 Å². The minimum atomic E-state index is -5.57. The van der Waals surface area contributed by atoms with Crippen LogP contribution in [0.1, 0.15) is 71.9 Å². The third-order valence-electron chi connectivity index (χ3n) is 8.71. The Morgan fingerprint density at radius 3 is 2.41 bits per heavy atom. The lowest BCUT2D eigenvalue weighted by molar-refractivity contribution is -0.137. The highest BCUT2D eigenvalue weighted by molar-refractivity contribution is 8.13. The maximum absolute atomic E-state index is 12.7. The summed E-state index contributed by atoms with van der Waals surface area (Å²) in [6, 6.07) is 0. The number of phosphoric ester groups is 3. The average molecular weight is 946 g/mol. The molecule has 28 heteroatoms. The first-order chi connectivity index (χ1) is 28.6. The maximum atomic E-state index is 12.7. The number of carbonyl (C=O) groups excluding carboxylic acids is 3. The number of ether oxygens (including phenoxy) is 1. The van der Waals surface area contributed by atoms with E-state index in [4.69, 9.17) is 19.5 Å². The van der Waals surface area contributed by atoms with Crippen LogP contribution in [0.5, 0.6) is 0 Å². The number of imidazole rings is 1. The number of carbonyl (C=O) groups is 3. The van der Waals surface area contributed by atoms with E-state index in [2.05, 4.69) is 40.5 Å². The number of nitrogens with zero attached hydrogens (tertiary/aromatic N) is 4. The summed E-state index contributed by atoms with van der Waals surface area (Å²) in [5.74, 6) is -1.06. The molecule has 1 fully saturated rings. The second kappa shape index (κ2) is 24.2. The van der Waals surface area contributed by atoms with Gasteiger partial charge in [-0.3, -0.25) is 32.5 Å². The van der Waals surface area contributed by atoms with Crippen molar-refractivity contribution in [3.05, 3.63) is 37.0 Å². The van der Waals surface area contributed by atoms with Crippen molar-refractivity contribution in [2.75, 3.05) is 37.8 Å². The first-order valence-corrected chi connectivity index (χ1v) is 24.4. The van der Waals surface area contributed by atoms with Gasteiger partial charge in [-0.25, -0.2) is 28.6 Å². The number of allylic oxidation sites excluding steroid dienone is 4. The minimum absolute atomic E-state index is 0.0313. The summed E-state index contributed by atoms with van der Waals surface area (Å²) >= 11 is 1.13. The number of rotatable bonds is 27. The first kappa shape index (κ1) is 52.4. The highest BCUT2D eigenvalue weighted by atomic mass is 32.2. The van der Waals surface area contributed by atoms with Gasteiger partial charge in [-0.1, -0.05) is 62.8 Å². The number of nitrogens with one attached hydrogen (secondary N) is 2. The number of aliphatic hydroxyl groups excluding tert-OH is 2. The van der Waals surface area contributed by atoms with Crippen LogP contribution in [0.25, 0.3) is 11.2 Å². The Hall–Kier alpha value is -2.96. The van der Waals surface area contributed by atoms with E-state index in [9.17, 15) is 57.9 Å². The highest BCUT2D eigenvalue weighted by Gasteiger charge is 2.50. The average Bonchev–Trinajstić information content (AvgIpc) is 3.73. The van der Waals surface area contributed by atoms with Crippen molar-refractivity contribution in [1.29, 1.82) is 0 Å². The Balaban J connectivity index is 1.39. The number of aromatic nitrogens is 4. The van der Waals surface area contributed by atoms with E-state index >= 15 is 0 Å². The van der Waals surface area contributed by atoms with Crippen molar-refractivity contribution in [1.82, 2.24) is 30.2 Å². The molecule has 0 spiro atoms. The van der Waals surface area contributed by atoms with Crippen LogP contribution in [0, 0.1) is 5.41 Å². The van der Waals surface area contributed by atoms with Crippen molar-refractivity contribution in [3.63, 3.8) is 0 Å². The summed E-state index contributed by atoms with van der Waals surface area (Å²) in [6.45, 7) is 2.49. The number of anilines is 1. The summed E-state index contributed by atoms with van der Waals surface area (Å²) in [4.78, 5) is 88.0. The number of hydrogen-bond acceptors (Lipinski definition) is 18. The Labute approximate surface area is 355 Å². The molecule has 2 aromatic heterocycles. The van der Waals surface area contributed by atoms with Gasteiger partial charge in [-0.2, -0.15) is 4.31 Å². The van der Waals surface area contributed by atoms with E-state index in [1.165, 1.54) is 13.8 Å². The molecule has 3 heterocycles. The van der Waals surface area contributed by atoms with Crippen LogP contribution in [0.2, 0.25) is 0 Å². The van der Waals surface area contributed by atoms with Gasteiger partial charge < -0.3 is 50.9 Å². The molecule has 2 amide bonds. The number of amides is 2. The molecular weight excluding hydrogens is 891 g/mol. The standard InChI is InChI=1S/C33H54N7O17P3S/c1-4-5-6-7-8-9-10-11-12-13-24(42)61-17-16-35-23(41)14-15-36-31(45)28(44)33(2,3)19-54-60(51,52)57-59(49,50)53-18-22-27(56-58(46,47)48)26(43)32(55-22)40-21-39-25-29(34)37-20-38-30(25)40/h4-7,20-22,26-28,32,43-44H,8-19H2,1-3H3,(H,35,41)(H,36,45)(H,49,50)(H,51,52)(H2,34,37,38)(H2,46,47,48)/b5-4+,7-6+. The summed E-state index contributed by atoms with van der Waals surface area (Å²) in [5.41, 5.74) is 4.27. The summed E-state index contributed by atoms with van der Waals surface area (Å²) < 4.78 is 62.3. The van der Waals surface area contributed by atoms with Gasteiger partial charge in [0.05, 0.1) is 19.5 Å². The quantitative estimate of drug-likeness (QED) is 0.0352. The zero-order valence-corrected chi connectivity index (χ0v) is 37.1. The van der Waals surface area contributed by atoms with E-state index in [0.717, 1.165) is 61.1 Å². The fourth-order valence-corrected chi connectivity index (χ4v) is 9.09. The molecule has 24 nitrogen and oxygen atoms in total. The van der Waals surface area contributed by atoms with Crippen molar-refractivity contribution in [2.24, 2.45) is 5.41 Å². The zero-order chi connectivity index (χ0) is 45.4. The summed E-state index contributed by atoms with van der Waals surface area (Å²) in [7, 11) is -16.4. The number of nitrogens with two attached hydrogens (primary N) is 1. The van der Waals surface area contributed by atoms with Crippen molar-refractivity contribution >= 4 is 69.1 Å². The number of unbranched alkanes of at least 4 members (excludes halogenated alkanes) is 4. The SMILES string of the molecule is C/C=C/C=C/CCCCCCC(=O)SCCNC(=O)CCNC(=O)C(O)C(C)(C)COP(=O)(O)OP(=O)(O)OCC1OC(n2cnc3c(N)ncnc32)C(O)C1OP(=O)(O)O. The van der Waals surface area contributed by atoms with Gasteiger partial charge in [0.2, 0.25) is 11.8 Å². The van der Waals surface area contributed by atoms with Gasteiger partial charge in [-0.15, -0.1) is 0 Å². The molecule has 61 heavy (non-hydrogen) atoms. The second-order valence-electron chi connectivity index (χ2n) is 14.2. The number of phosphoric acid groups is 3. The second-order valence-corrected chi connectivity index (χ2v) is 19.6. The number of hydrogen-bond donors (Lipinski definition) is 9. The van der Waals surface area contributed by atoms with Crippen LogP contribution in [0.15, 0.2) is 37.0 Å². The third kappa shape index (κ3) is 18.0. The predicted octanol–water partition coefficient (Wildman–Crippen LogP) is 2.14. The molecular formula is C33H54N7O17P3S. The van der Waals surface area contributed by atoms with E-state index in [1.807, 2.05) is 25.2 Å². The number of thioether (sulfide) groups is 1. The topological polar surface area (TPSA) is 364 Å². The van der Waals surface area contributed by atoms with Crippen LogP contribution in [-0.2, 0) is 50.7 Å². The molecule has 0 aliphatic carbocycles. The van der Waals surface area contributed by atoms with Gasteiger partial charge in [0, 0.05) is 37.1 Å². The third-order valence-corrected chi connectivity index (χ3v) is 12.7. The lowest BCUT2D eigenvalue weighted by Crippen LogP contribution is -2.46. The van der Waals surface area contributed by atoms with Crippen LogP contribution >= 0.6 is 35.2 Å². The molecule has 1 saturated heterocycles. The molecule has 0 aromatic carbocycles. The molecule has 0 saturated carbocycles. The van der Waals surface area contributed by atoms with Gasteiger partial charge in [0.1, 0.15) is 36.3 Å². The van der Waals surface area contributed by atoms with E-state index < -0.39 is 84.6 Å². The van der Waals surface area contributed by atoms with Crippen molar-refractivity contribution in [3.8, 4) is 0 Å².